The van der Waals surface area contributed by atoms with Crippen molar-refractivity contribution in [3.05, 3.63) is 17.8 Å². The van der Waals surface area contributed by atoms with E-state index in [1.807, 2.05) is 6.07 Å². The van der Waals surface area contributed by atoms with E-state index in [0.29, 0.717) is 0 Å². The molecule has 0 amide bonds. The first-order valence-electron chi connectivity index (χ1n) is 6.85. The average molecular weight is 261 g/mol. The molecule has 3 rings (SSSR count). The number of nitrogens with one attached hydrogen (secondary N) is 1. The zero-order valence-corrected chi connectivity index (χ0v) is 11.4. The van der Waals surface area contributed by atoms with Crippen molar-refractivity contribution >= 4 is 27.4 Å². The summed E-state index contributed by atoms with van der Waals surface area (Å²) in [6.07, 6.45) is 10.0. The lowest BCUT2D eigenvalue weighted by Gasteiger charge is -2.21. The van der Waals surface area contributed by atoms with Crippen molar-refractivity contribution in [2.45, 2.75) is 38.5 Å². The van der Waals surface area contributed by atoms with Gasteiger partial charge in [-0.3, -0.25) is 0 Å². The number of aromatic nitrogens is 2. The van der Waals surface area contributed by atoms with Gasteiger partial charge < -0.3 is 5.32 Å². The molecule has 2 aromatic rings. The smallest absolute Gasteiger partial charge is 0.147 e. The molecule has 1 saturated carbocycles. The number of rotatable bonds is 4. The highest BCUT2D eigenvalue weighted by Gasteiger charge is 2.13. The van der Waals surface area contributed by atoms with E-state index in [0.717, 1.165) is 23.8 Å². The number of fused-ring (bicyclic) bond motifs is 1. The van der Waals surface area contributed by atoms with Crippen LogP contribution in [-0.4, -0.2) is 16.5 Å². The quantitative estimate of drug-likeness (QED) is 0.901. The molecule has 3 nitrogen and oxygen atoms in total. The Hall–Kier alpha value is -1.16. The topological polar surface area (TPSA) is 37.8 Å². The molecule has 1 aliphatic carbocycles. The normalized spacial score (nSPS) is 17.1. The van der Waals surface area contributed by atoms with Crippen molar-refractivity contribution in [3.8, 4) is 0 Å². The average Bonchev–Trinajstić information content (AvgIpc) is 2.89. The molecule has 18 heavy (non-hydrogen) atoms. The van der Waals surface area contributed by atoms with E-state index in [-0.39, 0.29) is 0 Å². The standard InChI is InChI=1S/C14H19N3S/c1-2-4-11(5-3-1)6-8-15-14-13-12(7-9-18-13)16-10-17-14/h7,9-11H,1-6,8H2,(H,15,16,17). The highest BCUT2D eigenvalue weighted by atomic mass is 32.1. The second kappa shape index (κ2) is 5.65. The SMILES string of the molecule is c1nc(NCCC2CCCCC2)c2sccc2n1. The molecule has 0 spiro atoms. The molecule has 0 aromatic carbocycles. The van der Waals surface area contributed by atoms with Crippen molar-refractivity contribution < 1.29 is 0 Å². The summed E-state index contributed by atoms with van der Waals surface area (Å²) >= 11 is 1.71. The minimum Gasteiger partial charge on any atom is -0.369 e. The predicted octanol–water partition coefficient (Wildman–Crippen LogP) is 4.07. The van der Waals surface area contributed by atoms with Crippen LogP contribution in [0.3, 0.4) is 0 Å². The molecule has 0 bridgehead atoms. The molecule has 1 aliphatic rings. The molecule has 0 unspecified atom stereocenters. The lowest BCUT2D eigenvalue weighted by molar-refractivity contribution is 0.345. The van der Waals surface area contributed by atoms with Gasteiger partial charge in [0.05, 0.1) is 10.2 Å². The van der Waals surface area contributed by atoms with Crippen LogP contribution in [0.5, 0.6) is 0 Å². The van der Waals surface area contributed by atoms with Gasteiger partial charge in [-0.2, -0.15) is 0 Å². The molecular weight excluding hydrogens is 242 g/mol. The second-order valence-corrected chi connectivity index (χ2v) is 5.99. The van der Waals surface area contributed by atoms with Crippen LogP contribution in [0.4, 0.5) is 5.82 Å². The van der Waals surface area contributed by atoms with Crippen LogP contribution in [0.15, 0.2) is 17.8 Å². The first-order chi connectivity index (χ1) is 8.93. The van der Waals surface area contributed by atoms with Gasteiger partial charge in [0.2, 0.25) is 0 Å². The summed E-state index contributed by atoms with van der Waals surface area (Å²) in [4.78, 5) is 8.61. The van der Waals surface area contributed by atoms with Crippen LogP contribution in [-0.2, 0) is 0 Å². The Bertz CT molecular complexity index is 502. The summed E-state index contributed by atoms with van der Waals surface area (Å²) in [7, 11) is 0. The van der Waals surface area contributed by atoms with Crippen molar-refractivity contribution in [1.29, 1.82) is 0 Å². The van der Waals surface area contributed by atoms with Gasteiger partial charge in [0, 0.05) is 6.54 Å². The fraction of sp³-hybridized carbons (Fsp3) is 0.571. The van der Waals surface area contributed by atoms with E-state index in [4.69, 9.17) is 0 Å². The van der Waals surface area contributed by atoms with E-state index >= 15 is 0 Å². The van der Waals surface area contributed by atoms with Crippen LogP contribution >= 0.6 is 11.3 Å². The molecule has 1 N–H and O–H groups in total. The van der Waals surface area contributed by atoms with Crippen molar-refractivity contribution in [2.24, 2.45) is 5.92 Å². The molecule has 2 heterocycles. The van der Waals surface area contributed by atoms with Crippen LogP contribution < -0.4 is 5.32 Å². The Morgan fingerprint density at radius 1 is 1.22 bits per heavy atom. The number of anilines is 1. The third kappa shape index (κ3) is 2.64. The van der Waals surface area contributed by atoms with E-state index in [1.165, 1.54) is 43.2 Å². The van der Waals surface area contributed by atoms with E-state index in [9.17, 15) is 0 Å². The Balaban J connectivity index is 1.57. The Labute approximate surface area is 112 Å². The summed E-state index contributed by atoms with van der Waals surface area (Å²) in [5.41, 5.74) is 1.05. The number of hydrogen-bond donors (Lipinski definition) is 1. The zero-order valence-electron chi connectivity index (χ0n) is 10.6. The molecule has 1 fully saturated rings. The fourth-order valence-corrected chi connectivity index (χ4v) is 3.60. The molecule has 4 heteroatoms. The van der Waals surface area contributed by atoms with E-state index < -0.39 is 0 Å². The van der Waals surface area contributed by atoms with Crippen molar-refractivity contribution in [1.82, 2.24) is 9.97 Å². The summed E-state index contributed by atoms with van der Waals surface area (Å²) in [5.74, 6) is 1.93. The van der Waals surface area contributed by atoms with Gasteiger partial charge in [0.15, 0.2) is 0 Å². The van der Waals surface area contributed by atoms with Gasteiger partial charge in [0.1, 0.15) is 12.1 Å². The second-order valence-electron chi connectivity index (χ2n) is 5.08. The summed E-state index contributed by atoms with van der Waals surface area (Å²) < 4.78 is 1.18. The van der Waals surface area contributed by atoms with Crippen LogP contribution in [0.1, 0.15) is 38.5 Å². The molecule has 96 valence electrons. The lowest BCUT2D eigenvalue weighted by atomic mass is 9.87. The van der Waals surface area contributed by atoms with Gasteiger partial charge in [-0.15, -0.1) is 11.3 Å². The minimum absolute atomic E-state index is 0.923. The van der Waals surface area contributed by atoms with E-state index in [1.54, 1.807) is 17.7 Å². The first kappa shape index (κ1) is 11.9. The zero-order chi connectivity index (χ0) is 12.2. The van der Waals surface area contributed by atoms with Crippen LogP contribution in [0, 0.1) is 5.92 Å². The Kier molecular flexibility index (Phi) is 3.74. The minimum atomic E-state index is 0.923. The highest BCUT2D eigenvalue weighted by molar-refractivity contribution is 7.17. The van der Waals surface area contributed by atoms with Crippen LogP contribution in [0.2, 0.25) is 0 Å². The van der Waals surface area contributed by atoms with E-state index in [2.05, 4.69) is 20.7 Å². The van der Waals surface area contributed by atoms with Gasteiger partial charge in [0.25, 0.3) is 0 Å². The first-order valence-corrected chi connectivity index (χ1v) is 7.73. The molecule has 0 saturated heterocycles. The summed E-state index contributed by atoms with van der Waals surface area (Å²) in [5, 5.41) is 5.56. The maximum Gasteiger partial charge on any atom is 0.147 e. The fourth-order valence-electron chi connectivity index (χ4n) is 2.79. The molecule has 0 aliphatic heterocycles. The Morgan fingerprint density at radius 3 is 3.00 bits per heavy atom. The Morgan fingerprint density at radius 2 is 2.11 bits per heavy atom. The van der Waals surface area contributed by atoms with Crippen LogP contribution in [0.25, 0.3) is 10.2 Å². The van der Waals surface area contributed by atoms with Crippen molar-refractivity contribution in [3.63, 3.8) is 0 Å². The van der Waals surface area contributed by atoms with Gasteiger partial charge >= 0.3 is 0 Å². The third-order valence-electron chi connectivity index (χ3n) is 3.81. The maximum atomic E-state index is 4.35. The predicted molar refractivity (Wildman–Crippen MR) is 77.1 cm³/mol. The third-order valence-corrected chi connectivity index (χ3v) is 4.72. The number of nitrogens with zero attached hydrogens (tertiary/aromatic N) is 2. The summed E-state index contributed by atoms with van der Waals surface area (Å²) in [6.45, 7) is 1.04. The molecule has 0 atom stereocenters. The van der Waals surface area contributed by atoms with Gasteiger partial charge in [-0.1, -0.05) is 32.1 Å². The maximum absolute atomic E-state index is 4.35. The highest BCUT2D eigenvalue weighted by Crippen LogP contribution is 2.27. The summed E-state index contributed by atoms with van der Waals surface area (Å²) in [6, 6.07) is 2.05. The largest absolute Gasteiger partial charge is 0.369 e. The lowest BCUT2D eigenvalue weighted by Crippen LogP contribution is -2.12. The van der Waals surface area contributed by atoms with Gasteiger partial charge in [-0.05, 0) is 23.8 Å². The van der Waals surface area contributed by atoms with Crippen molar-refractivity contribution in [2.75, 3.05) is 11.9 Å². The number of hydrogen-bond acceptors (Lipinski definition) is 4. The number of thiophene rings is 1. The molecule has 0 radical (unpaired) electrons. The molecule has 2 aromatic heterocycles. The van der Waals surface area contributed by atoms with Gasteiger partial charge in [-0.25, -0.2) is 9.97 Å². The molecular formula is C14H19N3S. The monoisotopic (exact) mass is 261 g/mol.